The van der Waals surface area contributed by atoms with Crippen LogP contribution in [0.3, 0.4) is 0 Å². The summed E-state index contributed by atoms with van der Waals surface area (Å²) in [6.07, 6.45) is 5.27. The van der Waals surface area contributed by atoms with E-state index >= 15 is 0 Å². The van der Waals surface area contributed by atoms with Gasteiger partial charge in [-0.2, -0.15) is 0 Å². The third-order valence-corrected chi connectivity index (χ3v) is 10.8. The van der Waals surface area contributed by atoms with E-state index < -0.39 is 7.14 Å². The van der Waals surface area contributed by atoms with Gasteiger partial charge in [0.1, 0.15) is 18.2 Å². The van der Waals surface area contributed by atoms with Crippen LogP contribution in [0.15, 0.2) is 54.7 Å². The summed E-state index contributed by atoms with van der Waals surface area (Å²) in [7, 11) is -2.13. The lowest BCUT2D eigenvalue weighted by atomic mass is 9.96. The van der Waals surface area contributed by atoms with E-state index in [0.717, 1.165) is 40.5 Å². The van der Waals surface area contributed by atoms with Crippen molar-refractivity contribution in [3.63, 3.8) is 0 Å². The molecule has 2 aromatic carbocycles. The van der Waals surface area contributed by atoms with Gasteiger partial charge in [-0.1, -0.05) is 37.3 Å². The first-order chi connectivity index (χ1) is 19.0. The highest BCUT2D eigenvalue weighted by atomic mass is 31.2. The molecule has 3 aromatic rings. The van der Waals surface area contributed by atoms with Gasteiger partial charge in [0.15, 0.2) is 0 Å². The van der Waals surface area contributed by atoms with Crippen LogP contribution in [0.5, 0.6) is 5.75 Å². The predicted molar refractivity (Wildman–Crippen MR) is 165 cm³/mol. The monoisotopic (exact) mass is 564 g/mol. The van der Waals surface area contributed by atoms with Crippen molar-refractivity contribution in [3.05, 3.63) is 82.9 Å². The topological polar surface area (TPSA) is 42.4 Å². The van der Waals surface area contributed by atoms with Crippen LogP contribution in [-0.4, -0.2) is 41.0 Å². The minimum atomic E-state index is -2.13. The number of pyridine rings is 1. The Labute approximate surface area is 240 Å². The van der Waals surface area contributed by atoms with Crippen molar-refractivity contribution in [2.24, 2.45) is 5.92 Å². The van der Waals surface area contributed by atoms with E-state index in [1.807, 2.05) is 44.8 Å². The standard InChI is InChI=1S/C34H46FN2O2P/c1-8-40(7,38)22-33(27-13-14-27)28-10-9-11-30(18-28)39-21-26-12-15-31(32-16-25(6)36-19-34(32)35)29(17-26)20-37(23(2)3)24(4)5/h9-12,15-19,23-24,27,33H,8,13-14,20-22H2,1-7H3/t33-,40?/m0/s1. The lowest BCUT2D eigenvalue weighted by molar-refractivity contribution is 0.166. The first-order valence-electron chi connectivity index (χ1n) is 14.8. The molecule has 0 bridgehead atoms. The second-order valence-corrected chi connectivity index (χ2v) is 15.8. The molecule has 0 spiro atoms. The number of benzene rings is 2. The smallest absolute Gasteiger partial charge is 0.149 e. The van der Waals surface area contributed by atoms with Gasteiger partial charge in [0.25, 0.3) is 0 Å². The molecular weight excluding hydrogens is 518 g/mol. The Morgan fingerprint density at radius 1 is 1.05 bits per heavy atom. The number of nitrogens with zero attached hydrogens (tertiary/aromatic N) is 2. The first-order valence-corrected chi connectivity index (χ1v) is 17.3. The van der Waals surface area contributed by atoms with Gasteiger partial charge in [0, 0.05) is 36.0 Å². The van der Waals surface area contributed by atoms with E-state index in [1.165, 1.54) is 24.6 Å². The van der Waals surface area contributed by atoms with Crippen molar-refractivity contribution < 1.29 is 13.7 Å². The summed E-state index contributed by atoms with van der Waals surface area (Å²) >= 11 is 0. The molecule has 0 saturated heterocycles. The Kier molecular flexibility index (Phi) is 9.90. The van der Waals surface area contributed by atoms with Crippen LogP contribution in [0.2, 0.25) is 0 Å². The minimum Gasteiger partial charge on any atom is -0.489 e. The highest BCUT2D eigenvalue weighted by Crippen LogP contribution is 2.52. The maximum atomic E-state index is 14.9. The number of rotatable bonds is 13. The van der Waals surface area contributed by atoms with Gasteiger partial charge in [-0.05, 0) is 113 Å². The van der Waals surface area contributed by atoms with Crippen LogP contribution in [0.4, 0.5) is 4.39 Å². The summed E-state index contributed by atoms with van der Waals surface area (Å²) in [6.45, 7) is 15.8. The Morgan fingerprint density at radius 2 is 1.77 bits per heavy atom. The SMILES string of the molecule is CCP(C)(=O)C[C@H](c1cccc(OCc2ccc(-c3cc(C)ncc3F)c(CN(C(C)C)C(C)C)c2)c1)C1CC1. The molecule has 0 amide bonds. The number of hydrogen-bond acceptors (Lipinski definition) is 4. The molecule has 1 heterocycles. The fourth-order valence-corrected chi connectivity index (χ4v) is 7.21. The average Bonchev–Trinajstić information content (AvgIpc) is 3.76. The summed E-state index contributed by atoms with van der Waals surface area (Å²) < 4.78 is 34.2. The summed E-state index contributed by atoms with van der Waals surface area (Å²) in [4.78, 5) is 6.55. The molecule has 2 atom stereocenters. The number of aromatic nitrogens is 1. The Morgan fingerprint density at radius 3 is 2.42 bits per heavy atom. The van der Waals surface area contributed by atoms with Crippen LogP contribution in [-0.2, 0) is 17.7 Å². The van der Waals surface area contributed by atoms with Crippen LogP contribution in [0.25, 0.3) is 11.1 Å². The third-order valence-electron chi connectivity index (χ3n) is 8.27. The highest BCUT2D eigenvalue weighted by molar-refractivity contribution is 7.63. The summed E-state index contributed by atoms with van der Waals surface area (Å²) in [5.41, 5.74) is 5.63. The summed E-state index contributed by atoms with van der Waals surface area (Å²) in [5, 5.41) is 0. The average molecular weight is 565 g/mol. The predicted octanol–water partition coefficient (Wildman–Crippen LogP) is 8.90. The van der Waals surface area contributed by atoms with E-state index in [1.54, 1.807) is 0 Å². The zero-order valence-corrected chi connectivity index (χ0v) is 26.2. The van der Waals surface area contributed by atoms with Crippen molar-refractivity contribution in [1.82, 2.24) is 9.88 Å². The van der Waals surface area contributed by atoms with Gasteiger partial charge < -0.3 is 9.30 Å². The summed E-state index contributed by atoms with van der Waals surface area (Å²) in [5.74, 6) is 1.49. The molecule has 0 radical (unpaired) electrons. The minimum absolute atomic E-state index is 0.307. The van der Waals surface area contributed by atoms with Crippen LogP contribution in [0.1, 0.15) is 75.8 Å². The summed E-state index contributed by atoms with van der Waals surface area (Å²) in [6, 6.07) is 17.1. The molecule has 1 aliphatic rings. The lowest BCUT2D eigenvalue weighted by Gasteiger charge is -2.31. The molecule has 4 rings (SSSR count). The molecule has 0 aliphatic heterocycles. The van der Waals surface area contributed by atoms with Gasteiger partial charge in [0.05, 0.1) is 13.3 Å². The maximum Gasteiger partial charge on any atom is 0.149 e. The normalized spacial score (nSPS) is 16.0. The Hall–Kier alpha value is -2.49. The van der Waals surface area contributed by atoms with Gasteiger partial charge in [-0.25, -0.2) is 4.39 Å². The Balaban J connectivity index is 1.59. The molecule has 1 unspecified atom stereocenters. The molecule has 1 aromatic heterocycles. The highest BCUT2D eigenvalue weighted by Gasteiger charge is 2.35. The van der Waals surface area contributed by atoms with Crippen molar-refractivity contribution >= 4 is 7.14 Å². The first kappa shape index (κ1) is 30.5. The van der Waals surface area contributed by atoms with Crippen molar-refractivity contribution in [3.8, 4) is 16.9 Å². The quantitative estimate of drug-likeness (QED) is 0.194. The van der Waals surface area contributed by atoms with E-state index in [2.05, 4.69) is 61.8 Å². The molecular formula is C34H46FN2O2P. The molecule has 216 valence electrons. The largest absolute Gasteiger partial charge is 0.489 e. The van der Waals surface area contributed by atoms with Crippen molar-refractivity contribution in [1.29, 1.82) is 0 Å². The maximum absolute atomic E-state index is 14.9. The Bertz CT molecular complexity index is 1340. The fraction of sp³-hybridized carbons (Fsp3) is 0.500. The van der Waals surface area contributed by atoms with Gasteiger partial charge in [0.2, 0.25) is 0 Å². The van der Waals surface area contributed by atoms with Gasteiger partial charge in [-0.15, -0.1) is 0 Å². The van der Waals surface area contributed by atoms with Crippen LogP contribution >= 0.6 is 7.14 Å². The third kappa shape index (κ3) is 7.83. The van der Waals surface area contributed by atoms with Gasteiger partial charge in [-0.3, -0.25) is 9.88 Å². The zero-order chi connectivity index (χ0) is 29.0. The fourth-order valence-electron chi connectivity index (χ4n) is 5.61. The number of hydrogen-bond donors (Lipinski definition) is 0. The number of halogens is 1. The molecule has 1 saturated carbocycles. The second-order valence-electron chi connectivity index (χ2n) is 12.3. The van der Waals surface area contributed by atoms with Crippen LogP contribution < -0.4 is 4.74 Å². The number of ether oxygens (including phenoxy) is 1. The molecule has 1 aliphatic carbocycles. The molecule has 6 heteroatoms. The zero-order valence-electron chi connectivity index (χ0n) is 25.3. The van der Waals surface area contributed by atoms with Crippen LogP contribution in [0, 0.1) is 18.7 Å². The molecule has 0 N–H and O–H groups in total. The van der Waals surface area contributed by atoms with Crippen molar-refractivity contribution in [2.75, 3.05) is 19.0 Å². The van der Waals surface area contributed by atoms with Crippen molar-refractivity contribution in [2.45, 2.75) is 85.5 Å². The molecule has 1 fully saturated rings. The molecule has 4 nitrogen and oxygen atoms in total. The van der Waals surface area contributed by atoms with E-state index in [9.17, 15) is 8.96 Å². The number of aryl methyl sites for hydroxylation is 1. The lowest BCUT2D eigenvalue weighted by Crippen LogP contribution is -2.36. The molecule has 40 heavy (non-hydrogen) atoms. The van der Waals surface area contributed by atoms with Gasteiger partial charge >= 0.3 is 0 Å². The second kappa shape index (κ2) is 13.0. The van der Waals surface area contributed by atoms with E-state index in [-0.39, 0.29) is 5.82 Å². The van der Waals surface area contributed by atoms with E-state index in [0.29, 0.717) is 42.6 Å². The van der Waals surface area contributed by atoms with E-state index in [4.69, 9.17) is 4.74 Å².